The van der Waals surface area contributed by atoms with Gasteiger partial charge >= 0.3 is 6.03 Å². The zero-order chi connectivity index (χ0) is 21.6. The average molecular weight is 449 g/mol. The van der Waals surface area contributed by atoms with E-state index in [2.05, 4.69) is 29.8 Å². The van der Waals surface area contributed by atoms with Gasteiger partial charge in [-0.25, -0.2) is 14.8 Å². The van der Waals surface area contributed by atoms with E-state index in [0.717, 1.165) is 64.7 Å². The lowest BCUT2D eigenvalue weighted by Gasteiger charge is -2.36. The fourth-order valence-corrected chi connectivity index (χ4v) is 5.35. The third-order valence-electron chi connectivity index (χ3n) is 6.90. The third-order valence-corrected chi connectivity index (χ3v) is 7.30. The van der Waals surface area contributed by atoms with Crippen molar-refractivity contribution in [2.75, 3.05) is 12.3 Å². The Morgan fingerprint density at radius 3 is 2.88 bits per heavy atom. The Morgan fingerprint density at radius 2 is 2.12 bits per heavy atom. The van der Waals surface area contributed by atoms with Crippen molar-refractivity contribution in [2.45, 2.75) is 43.8 Å². The van der Waals surface area contributed by atoms with Crippen LogP contribution in [-0.4, -0.2) is 48.0 Å². The summed E-state index contributed by atoms with van der Waals surface area (Å²) >= 11 is 6.85. The number of nitrogen functional groups attached to an aromatic ring is 1. The van der Waals surface area contributed by atoms with Crippen molar-refractivity contribution >= 4 is 45.6 Å². The quantitative estimate of drug-likeness (QED) is 0.434. The Bertz CT molecular complexity index is 1430. The van der Waals surface area contributed by atoms with Crippen LogP contribution in [0.25, 0.3) is 33.3 Å². The molecule has 0 radical (unpaired) electrons. The lowest BCUT2D eigenvalue weighted by atomic mass is 10.1. The molecule has 0 atom stereocenters. The molecule has 5 heterocycles. The highest BCUT2D eigenvalue weighted by Crippen LogP contribution is 2.53. The number of hydrogen-bond donors (Lipinski definition) is 3. The molecule has 0 unspecified atom stereocenters. The molecule has 4 aromatic heterocycles. The number of nitrogens with two attached hydrogens (primary N) is 1. The van der Waals surface area contributed by atoms with Crippen LogP contribution in [-0.2, 0) is 12.1 Å². The average Bonchev–Trinajstić information content (AvgIpc) is 3.70. The second-order valence-electron chi connectivity index (χ2n) is 9.14. The number of aromatic nitrogens is 5. The van der Waals surface area contributed by atoms with Gasteiger partial charge in [0.15, 0.2) is 0 Å². The highest BCUT2D eigenvalue weighted by molar-refractivity contribution is 6.38. The van der Waals surface area contributed by atoms with Gasteiger partial charge < -0.3 is 25.5 Å². The number of urea groups is 1. The van der Waals surface area contributed by atoms with Crippen LogP contribution in [0.5, 0.6) is 0 Å². The fourth-order valence-electron chi connectivity index (χ4n) is 5.06. The highest BCUT2D eigenvalue weighted by Gasteiger charge is 2.52. The minimum Gasteiger partial charge on any atom is -0.368 e. The highest BCUT2D eigenvalue weighted by atomic mass is 35.5. The molecule has 1 spiro atoms. The van der Waals surface area contributed by atoms with Gasteiger partial charge in [0.05, 0.1) is 22.8 Å². The lowest BCUT2D eigenvalue weighted by Crippen LogP contribution is -2.49. The third kappa shape index (κ3) is 2.51. The number of pyridine rings is 1. The van der Waals surface area contributed by atoms with Crippen LogP contribution in [0.4, 0.5) is 10.7 Å². The second-order valence-corrected chi connectivity index (χ2v) is 9.52. The fraction of sp³-hybridized carbons (Fsp3) is 0.364. The summed E-state index contributed by atoms with van der Waals surface area (Å²) in [6.07, 6.45) is 7.59. The first-order valence-electron chi connectivity index (χ1n) is 10.9. The smallest absolute Gasteiger partial charge is 0.318 e. The number of rotatable bonds is 2. The molecule has 162 valence electrons. The minimum absolute atomic E-state index is 0.00348. The summed E-state index contributed by atoms with van der Waals surface area (Å²) in [6.45, 7) is 1.12. The van der Waals surface area contributed by atoms with Gasteiger partial charge in [0.25, 0.3) is 0 Å². The van der Waals surface area contributed by atoms with E-state index < -0.39 is 0 Å². The summed E-state index contributed by atoms with van der Waals surface area (Å²) in [5.74, 6) is 0.235. The standard InChI is InChI=1S/C22H21ClN8O/c23-16-12-2-1-7-25-18(12)28-17(16)15-13-8-26-20(24)29-19(13)31-14(15)9-30(10-22(31)5-6-22)21(32)27-11-3-4-11/h1-2,7-8,11H,3-6,9-10H2,(H,25,28)(H,27,32)(H2,24,26,29). The number of fused-ring (bicyclic) bond motifs is 5. The number of nitrogens with zero attached hydrogens (tertiary/aromatic N) is 5. The molecule has 0 bridgehead atoms. The van der Waals surface area contributed by atoms with E-state index in [1.165, 1.54) is 0 Å². The minimum atomic E-state index is -0.164. The number of carbonyl (C=O) groups is 1. The summed E-state index contributed by atoms with van der Waals surface area (Å²) in [6, 6.07) is 4.12. The molecule has 2 saturated carbocycles. The summed E-state index contributed by atoms with van der Waals surface area (Å²) in [5, 5.41) is 5.47. The monoisotopic (exact) mass is 448 g/mol. The van der Waals surface area contributed by atoms with Crippen LogP contribution >= 0.6 is 11.6 Å². The zero-order valence-electron chi connectivity index (χ0n) is 17.2. The summed E-state index contributed by atoms with van der Waals surface area (Å²) < 4.78 is 2.28. The number of H-pyrrole nitrogens is 1. The molecule has 4 aromatic rings. The number of hydrogen-bond acceptors (Lipinski definition) is 5. The van der Waals surface area contributed by atoms with Gasteiger partial charge in [-0.15, -0.1) is 0 Å². The second kappa shape index (κ2) is 6.13. The van der Waals surface area contributed by atoms with Gasteiger partial charge in [0.2, 0.25) is 5.95 Å². The van der Waals surface area contributed by atoms with Gasteiger partial charge in [-0.05, 0) is 37.8 Å². The zero-order valence-corrected chi connectivity index (χ0v) is 18.0. The maximum absolute atomic E-state index is 13.0. The molecule has 10 heteroatoms. The van der Waals surface area contributed by atoms with Crippen molar-refractivity contribution in [1.29, 1.82) is 0 Å². The van der Waals surface area contributed by atoms with E-state index in [0.29, 0.717) is 24.2 Å². The Kier molecular flexibility index (Phi) is 3.50. The van der Waals surface area contributed by atoms with Crippen molar-refractivity contribution in [3.63, 3.8) is 0 Å². The number of nitrogens with one attached hydrogen (secondary N) is 2. The predicted octanol–water partition coefficient (Wildman–Crippen LogP) is 3.39. The molecule has 3 aliphatic rings. The summed E-state index contributed by atoms with van der Waals surface area (Å²) in [5.41, 5.74) is 10.0. The summed E-state index contributed by atoms with van der Waals surface area (Å²) in [7, 11) is 0. The van der Waals surface area contributed by atoms with Crippen molar-refractivity contribution in [3.05, 3.63) is 35.2 Å². The first kappa shape index (κ1) is 18.3. The van der Waals surface area contributed by atoms with Crippen LogP contribution in [0.2, 0.25) is 5.02 Å². The number of amides is 2. The predicted molar refractivity (Wildman–Crippen MR) is 121 cm³/mol. The first-order valence-corrected chi connectivity index (χ1v) is 11.3. The van der Waals surface area contributed by atoms with E-state index in [1.54, 1.807) is 12.4 Å². The Balaban J connectivity index is 1.48. The van der Waals surface area contributed by atoms with E-state index >= 15 is 0 Å². The number of anilines is 1. The van der Waals surface area contributed by atoms with Gasteiger partial charge in [-0.1, -0.05) is 11.6 Å². The van der Waals surface area contributed by atoms with Crippen LogP contribution < -0.4 is 11.1 Å². The molecule has 1 aliphatic heterocycles. The molecule has 7 rings (SSSR count). The topological polar surface area (TPSA) is 118 Å². The Morgan fingerprint density at radius 1 is 1.28 bits per heavy atom. The van der Waals surface area contributed by atoms with Gasteiger partial charge in [-0.3, -0.25) is 0 Å². The van der Waals surface area contributed by atoms with Gasteiger partial charge in [0, 0.05) is 47.0 Å². The normalized spacial score (nSPS) is 19.0. The number of carbonyl (C=O) groups excluding carboxylic acids is 1. The molecule has 2 aliphatic carbocycles. The molecular weight excluding hydrogens is 428 g/mol. The Labute approximate surface area is 188 Å². The van der Waals surface area contributed by atoms with E-state index in [9.17, 15) is 4.79 Å². The molecule has 4 N–H and O–H groups in total. The molecule has 9 nitrogen and oxygen atoms in total. The van der Waals surface area contributed by atoms with Crippen LogP contribution in [0.15, 0.2) is 24.5 Å². The van der Waals surface area contributed by atoms with E-state index in [1.807, 2.05) is 17.0 Å². The maximum atomic E-state index is 13.0. The van der Waals surface area contributed by atoms with Crippen LogP contribution in [0.1, 0.15) is 31.4 Å². The molecule has 0 saturated heterocycles. The Hall–Kier alpha value is -3.33. The van der Waals surface area contributed by atoms with Crippen molar-refractivity contribution < 1.29 is 4.79 Å². The SMILES string of the molecule is Nc1ncc2c(-c3[nH]c4ncccc4c3Cl)c3n(c2n1)C1(CC1)CN(C(=O)NC1CC1)C3. The largest absolute Gasteiger partial charge is 0.368 e. The molecule has 2 fully saturated rings. The molecule has 32 heavy (non-hydrogen) atoms. The van der Waals surface area contributed by atoms with Crippen molar-refractivity contribution in [2.24, 2.45) is 0 Å². The lowest BCUT2D eigenvalue weighted by molar-refractivity contribution is 0.165. The summed E-state index contributed by atoms with van der Waals surface area (Å²) in [4.78, 5) is 31.7. The van der Waals surface area contributed by atoms with Crippen molar-refractivity contribution in [1.82, 2.24) is 34.7 Å². The van der Waals surface area contributed by atoms with Gasteiger partial charge in [0.1, 0.15) is 11.3 Å². The maximum Gasteiger partial charge on any atom is 0.318 e. The van der Waals surface area contributed by atoms with Crippen molar-refractivity contribution in [3.8, 4) is 11.3 Å². The number of aromatic amines is 1. The van der Waals surface area contributed by atoms with E-state index in [4.69, 9.17) is 17.3 Å². The van der Waals surface area contributed by atoms with Gasteiger partial charge in [-0.2, -0.15) is 4.98 Å². The molecule has 0 aromatic carbocycles. The van der Waals surface area contributed by atoms with Crippen LogP contribution in [0.3, 0.4) is 0 Å². The van der Waals surface area contributed by atoms with Crippen LogP contribution in [0, 0.1) is 0 Å². The number of halogens is 1. The first-order chi connectivity index (χ1) is 15.5. The molecular formula is C22H21ClN8O. The molecule has 2 amide bonds. The van der Waals surface area contributed by atoms with E-state index in [-0.39, 0.29) is 17.5 Å².